The second-order valence-electron chi connectivity index (χ2n) is 5.86. The topological polar surface area (TPSA) is 40.7 Å². The molecule has 4 heteroatoms. The highest BCUT2D eigenvalue weighted by molar-refractivity contribution is 5.92. The summed E-state index contributed by atoms with van der Waals surface area (Å²) >= 11 is 0. The number of aromatic nitrogens is 2. The van der Waals surface area contributed by atoms with E-state index in [0.717, 1.165) is 48.1 Å². The van der Waals surface area contributed by atoms with E-state index in [1.807, 2.05) is 24.4 Å². The van der Waals surface area contributed by atoms with Gasteiger partial charge in [-0.3, -0.25) is 0 Å². The third-order valence-corrected chi connectivity index (χ3v) is 4.55. The highest BCUT2D eigenvalue weighted by atomic mass is 19.1. The lowest BCUT2D eigenvalue weighted by molar-refractivity contribution is 0.458. The number of H-pyrrole nitrogens is 1. The van der Waals surface area contributed by atoms with Crippen molar-refractivity contribution in [1.82, 2.24) is 15.3 Å². The van der Waals surface area contributed by atoms with Crippen LogP contribution in [-0.4, -0.2) is 23.1 Å². The molecule has 1 saturated heterocycles. The molecule has 112 valence electrons. The van der Waals surface area contributed by atoms with Gasteiger partial charge in [-0.15, -0.1) is 0 Å². The van der Waals surface area contributed by atoms with Gasteiger partial charge in [-0.2, -0.15) is 0 Å². The minimum Gasteiger partial charge on any atom is -0.346 e. The van der Waals surface area contributed by atoms with Crippen molar-refractivity contribution >= 4 is 11.0 Å². The molecule has 3 aromatic rings. The normalized spacial score (nSPS) is 16.2. The molecule has 22 heavy (non-hydrogen) atoms. The minimum atomic E-state index is -0.148. The molecule has 0 aliphatic carbocycles. The highest BCUT2D eigenvalue weighted by Crippen LogP contribution is 2.32. The molecule has 4 rings (SSSR count). The maximum atomic E-state index is 14.7. The Morgan fingerprint density at radius 3 is 2.73 bits per heavy atom. The first-order chi connectivity index (χ1) is 10.8. The quantitative estimate of drug-likeness (QED) is 0.754. The lowest BCUT2D eigenvalue weighted by atomic mass is 9.89. The zero-order valence-corrected chi connectivity index (χ0v) is 12.3. The van der Waals surface area contributed by atoms with Crippen LogP contribution in [0.4, 0.5) is 4.39 Å². The monoisotopic (exact) mass is 295 g/mol. The Morgan fingerprint density at radius 2 is 1.91 bits per heavy atom. The van der Waals surface area contributed by atoms with Gasteiger partial charge in [0, 0.05) is 23.3 Å². The van der Waals surface area contributed by atoms with Crippen LogP contribution in [0.1, 0.15) is 24.3 Å². The zero-order valence-electron chi connectivity index (χ0n) is 12.3. The summed E-state index contributed by atoms with van der Waals surface area (Å²) in [5.41, 5.74) is 3.44. The number of hydrogen-bond acceptors (Lipinski definition) is 2. The summed E-state index contributed by atoms with van der Waals surface area (Å²) in [5.74, 6) is 0.319. The van der Waals surface area contributed by atoms with Crippen molar-refractivity contribution in [3.05, 3.63) is 54.1 Å². The van der Waals surface area contributed by atoms with E-state index in [0.29, 0.717) is 11.5 Å². The van der Waals surface area contributed by atoms with Gasteiger partial charge >= 0.3 is 0 Å². The summed E-state index contributed by atoms with van der Waals surface area (Å²) in [5, 5.41) is 4.30. The van der Waals surface area contributed by atoms with Crippen LogP contribution in [0.15, 0.2) is 42.7 Å². The van der Waals surface area contributed by atoms with Crippen molar-refractivity contribution in [2.24, 2.45) is 0 Å². The fourth-order valence-corrected chi connectivity index (χ4v) is 3.35. The Bertz CT molecular complexity index is 803. The van der Waals surface area contributed by atoms with E-state index in [1.54, 1.807) is 12.3 Å². The van der Waals surface area contributed by atoms with Crippen LogP contribution < -0.4 is 5.32 Å². The predicted octanol–water partition coefficient (Wildman–Crippen LogP) is 3.84. The smallest absolute Gasteiger partial charge is 0.137 e. The zero-order chi connectivity index (χ0) is 14.9. The SMILES string of the molecule is Fc1cc(C2CCNCC2)ccc1-c1ccnc2[nH]ccc12. The number of nitrogens with one attached hydrogen (secondary N) is 2. The number of fused-ring (bicyclic) bond motifs is 1. The van der Waals surface area contributed by atoms with E-state index in [9.17, 15) is 4.39 Å². The first-order valence-electron chi connectivity index (χ1n) is 7.75. The molecular formula is C18H18FN3. The third-order valence-electron chi connectivity index (χ3n) is 4.55. The van der Waals surface area contributed by atoms with Crippen molar-refractivity contribution < 1.29 is 4.39 Å². The lowest BCUT2D eigenvalue weighted by Crippen LogP contribution is -2.26. The molecule has 3 heterocycles. The summed E-state index contributed by atoms with van der Waals surface area (Å²) in [6.45, 7) is 2.03. The molecule has 0 unspecified atom stereocenters. The third kappa shape index (κ3) is 2.29. The van der Waals surface area contributed by atoms with Crippen molar-refractivity contribution in [3.63, 3.8) is 0 Å². The maximum Gasteiger partial charge on any atom is 0.137 e. The summed E-state index contributed by atoms with van der Waals surface area (Å²) in [6, 6.07) is 9.52. The van der Waals surface area contributed by atoms with E-state index in [4.69, 9.17) is 0 Å². The van der Waals surface area contributed by atoms with Gasteiger partial charge in [0.25, 0.3) is 0 Å². The Labute approximate surface area is 128 Å². The van der Waals surface area contributed by atoms with Gasteiger partial charge < -0.3 is 10.3 Å². The molecule has 2 aromatic heterocycles. The maximum absolute atomic E-state index is 14.7. The number of rotatable bonds is 2. The van der Waals surface area contributed by atoms with Gasteiger partial charge in [0.2, 0.25) is 0 Å². The average Bonchev–Trinajstić information content (AvgIpc) is 3.04. The predicted molar refractivity (Wildman–Crippen MR) is 86.3 cm³/mol. The Kier molecular flexibility index (Phi) is 3.39. The van der Waals surface area contributed by atoms with Crippen LogP contribution in [0.2, 0.25) is 0 Å². The van der Waals surface area contributed by atoms with Gasteiger partial charge in [0.15, 0.2) is 0 Å². The van der Waals surface area contributed by atoms with E-state index in [1.165, 1.54) is 0 Å². The van der Waals surface area contributed by atoms with Crippen LogP contribution in [0.3, 0.4) is 0 Å². The number of aromatic amines is 1. The van der Waals surface area contributed by atoms with Crippen LogP contribution in [0.25, 0.3) is 22.2 Å². The second kappa shape index (κ2) is 5.54. The largest absolute Gasteiger partial charge is 0.346 e. The Morgan fingerprint density at radius 1 is 1.05 bits per heavy atom. The molecule has 1 aliphatic rings. The van der Waals surface area contributed by atoms with Crippen molar-refractivity contribution in [3.8, 4) is 11.1 Å². The van der Waals surface area contributed by atoms with Crippen molar-refractivity contribution in [1.29, 1.82) is 0 Å². The fourth-order valence-electron chi connectivity index (χ4n) is 3.35. The van der Waals surface area contributed by atoms with Crippen LogP contribution in [0, 0.1) is 5.82 Å². The van der Waals surface area contributed by atoms with Crippen LogP contribution in [0.5, 0.6) is 0 Å². The molecule has 0 spiro atoms. The van der Waals surface area contributed by atoms with Crippen molar-refractivity contribution in [2.75, 3.05) is 13.1 Å². The molecule has 0 amide bonds. The molecule has 1 aliphatic heterocycles. The summed E-state index contributed by atoms with van der Waals surface area (Å²) in [6.07, 6.45) is 5.71. The number of benzene rings is 1. The van der Waals surface area contributed by atoms with Crippen molar-refractivity contribution in [2.45, 2.75) is 18.8 Å². The Hall–Kier alpha value is -2.20. The molecule has 3 nitrogen and oxygen atoms in total. The number of pyridine rings is 1. The molecular weight excluding hydrogens is 277 g/mol. The first-order valence-corrected chi connectivity index (χ1v) is 7.75. The van der Waals surface area contributed by atoms with Gasteiger partial charge in [-0.05, 0) is 61.2 Å². The molecule has 0 saturated carbocycles. The van der Waals surface area contributed by atoms with Crippen LogP contribution >= 0.6 is 0 Å². The Balaban J connectivity index is 1.75. The van der Waals surface area contributed by atoms with Gasteiger partial charge in [0.05, 0.1) is 0 Å². The molecule has 2 N–H and O–H groups in total. The first kappa shape index (κ1) is 13.5. The minimum absolute atomic E-state index is 0.148. The molecule has 0 bridgehead atoms. The highest BCUT2D eigenvalue weighted by Gasteiger charge is 2.17. The van der Waals surface area contributed by atoms with Crippen LogP contribution in [-0.2, 0) is 0 Å². The summed E-state index contributed by atoms with van der Waals surface area (Å²) in [4.78, 5) is 7.33. The number of halogens is 1. The van der Waals surface area contributed by atoms with Gasteiger partial charge in [-0.25, -0.2) is 9.37 Å². The summed E-state index contributed by atoms with van der Waals surface area (Å²) < 4.78 is 14.7. The molecule has 1 fully saturated rings. The standard InChI is InChI=1S/C18H18FN3/c19-17-11-13(12-3-7-20-8-4-12)1-2-15(17)14-5-9-21-18-16(14)6-10-22-18/h1-2,5-6,9-12,20H,3-4,7-8H2,(H,21,22). The fraction of sp³-hybridized carbons (Fsp3) is 0.278. The van der Waals surface area contributed by atoms with E-state index >= 15 is 0 Å². The number of piperidine rings is 1. The van der Waals surface area contributed by atoms with E-state index < -0.39 is 0 Å². The summed E-state index contributed by atoms with van der Waals surface area (Å²) in [7, 11) is 0. The number of nitrogens with zero attached hydrogens (tertiary/aromatic N) is 1. The number of hydrogen-bond donors (Lipinski definition) is 2. The average molecular weight is 295 g/mol. The molecule has 0 radical (unpaired) electrons. The van der Waals surface area contributed by atoms with Gasteiger partial charge in [0.1, 0.15) is 11.5 Å². The van der Waals surface area contributed by atoms with E-state index in [-0.39, 0.29) is 5.82 Å². The van der Waals surface area contributed by atoms with Gasteiger partial charge in [-0.1, -0.05) is 12.1 Å². The lowest BCUT2D eigenvalue weighted by Gasteiger charge is -2.23. The molecule has 1 aromatic carbocycles. The van der Waals surface area contributed by atoms with E-state index in [2.05, 4.69) is 21.4 Å². The second-order valence-corrected chi connectivity index (χ2v) is 5.86. The molecule has 0 atom stereocenters.